The van der Waals surface area contributed by atoms with Gasteiger partial charge in [-0.25, -0.2) is 0 Å². The van der Waals surface area contributed by atoms with E-state index in [1.807, 2.05) is 6.92 Å². The molecule has 19 heavy (non-hydrogen) atoms. The highest BCUT2D eigenvalue weighted by Crippen LogP contribution is 2.36. The van der Waals surface area contributed by atoms with Crippen LogP contribution in [0.3, 0.4) is 0 Å². The first-order valence-corrected chi connectivity index (χ1v) is 6.84. The zero-order chi connectivity index (χ0) is 14.5. The second-order valence-corrected chi connectivity index (χ2v) is 5.70. The van der Waals surface area contributed by atoms with E-state index < -0.39 is 5.51 Å². The molecule has 0 saturated carbocycles. The topological polar surface area (TPSA) is 32.3 Å². The first-order valence-electron chi connectivity index (χ1n) is 6.02. The zero-order valence-electron chi connectivity index (χ0n) is 10.9. The van der Waals surface area contributed by atoms with Gasteiger partial charge in [0.2, 0.25) is 0 Å². The van der Waals surface area contributed by atoms with E-state index in [-0.39, 0.29) is 28.8 Å². The summed E-state index contributed by atoms with van der Waals surface area (Å²) in [6.07, 6.45) is 0.273. The van der Waals surface area contributed by atoms with E-state index >= 15 is 0 Å². The zero-order valence-corrected chi connectivity index (χ0v) is 11.7. The number of aliphatic hydroxyl groups excluding tert-OH is 1. The van der Waals surface area contributed by atoms with E-state index in [0.717, 1.165) is 5.56 Å². The van der Waals surface area contributed by atoms with Gasteiger partial charge < -0.3 is 10.4 Å². The Kier molecular flexibility index (Phi) is 6.16. The maximum absolute atomic E-state index is 12.1. The first kappa shape index (κ1) is 16.3. The van der Waals surface area contributed by atoms with Gasteiger partial charge in [-0.15, -0.1) is 0 Å². The molecule has 0 amide bonds. The van der Waals surface area contributed by atoms with E-state index in [2.05, 4.69) is 5.32 Å². The van der Waals surface area contributed by atoms with Gasteiger partial charge in [-0.05, 0) is 49.7 Å². The minimum Gasteiger partial charge on any atom is -0.393 e. The number of rotatable bonds is 6. The van der Waals surface area contributed by atoms with Crippen LogP contribution in [0.2, 0.25) is 0 Å². The smallest absolute Gasteiger partial charge is 0.393 e. The molecule has 0 bridgehead atoms. The molecule has 0 aromatic heterocycles. The first-order chi connectivity index (χ1) is 8.76. The molecule has 108 valence electrons. The van der Waals surface area contributed by atoms with Crippen molar-refractivity contribution >= 4 is 11.8 Å². The number of benzene rings is 1. The van der Waals surface area contributed by atoms with Gasteiger partial charge in [-0.3, -0.25) is 0 Å². The van der Waals surface area contributed by atoms with Crippen molar-refractivity contribution in [3.8, 4) is 0 Å². The van der Waals surface area contributed by atoms with E-state index in [0.29, 0.717) is 13.0 Å². The summed E-state index contributed by atoms with van der Waals surface area (Å²) >= 11 is -0.111. The van der Waals surface area contributed by atoms with Gasteiger partial charge in [0, 0.05) is 17.5 Å². The van der Waals surface area contributed by atoms with Crippen molar-refractivity contribution in [1.29, 1.82) is 0 Å². The van der Waals surface area contributed by atoms with Crippen molar-refractivity contribution in [2.24, 2.45) is 0 Å². The van der Waals surface area contributed by atoms with E-state index in [1.54, 1.807) is 19.1 Å². The molecule has 0 saturated heterocycles. The molecule has 2 atom stereocenters. The van der Waals surface area contributed by atoms with Gasteiger partial charge in [-0.1, -0.05) is 12.1 Å². The van der Waals surface area contributed by atoms with Crippen LogP contribution in [0.5, 0.6) is 0 Å². The van der Waals surface area contributed by atoms with Crippen LogP contribution in [0.1, 0.15) is 25.8 Å². The van der Waals surface area contributed by atoms with Crippen molar-refractivity contribution in [3.05, 3.63) is 29.8 Å². The summed E-state index contributed by atoms with van der Waals surface area (Å²) in [5, 5.41) is 12.4. The fourth-order valence-electron chi connectivity index (χ4n) is 1.70. The van der Waals surface area contributed by atoms with Crippen LogP contribution < -0.4 is 5.32 Å². The Hall–Kier alpha value is -0.720. The Morgan fingerprint density at radius 1 is 1.21 bits per heavy atom. The molecule has 1 aromatic rings. The van der Waals surface area contributed by atoms with Gasteiger partial charge in [0.05, 0.1) is 6.10 Å². The van der Waals surface area contributed by atoms with Gasteiger partial charge >= 0.3 is 5.51 Å². The predicted molar refractivity (Wildman–Crippen MR) is 71.0 cm³/mol. The van der Waals surface area contributed by atoms with E-state index in [1.165, 1.54) is 12.1 Å². The number of alkyl halides is 3. The van der Waals surface area contributed by atoms with Gasteiger partial charge in [0.15, 0.2) is 0 Å². The minimum atomic E-state index is -4.24. The normalized spacial score (nSPS) is 15.3. The summed E-state index contributed by atoms with van der Waals surface area (Å²) < 4.78 is 36.4. The molecule has 0 aliphatic heterocycles. The number of nitrogens with one attached hydrogen (secondary N) is 1. The quantitative estimate of drug-likeness (QED) is 0.787. The Morgan fingerprint density at radius 3 is 2.26 bits per heavy atom. The number of thioether (sulfide) groups is 1. The Morgan fingerprint density at radius 2 is 1.79 bits per heavy atom. The summed E-state index contributed by atoms with van der Waals surface area (Å²) in [7, 11) is 0. The Bertz CT molecular complexity index is 378. The largest absolute Gasteiger partial charge is 0.446 e. The molecule has 1 rings (SSSR count). The third kappa shape index (κ3) is 7.44. The van der Waals surface area contributed by atoms with Gasteiger partial charge in [0.25, 0.3) is 0 Å². The Labute approximate surface area is 115 Å². The fourth-order valence-corrected chi connectivity index (χ4v) is 2.24. The molecule has 0 spiro atoms. The van der Waals surface area contributed by atoms with Crippen LogP contribution in [0.4, 0.5) is 13.2 Å². The maximum Gasteiger partial charge on any atom is 0.446 e. The van der Waals surface area contributed by atoms with Gasteiger partial charge in [0.1, 0.15) is 0 Å². The summed E-state index contributed by atoms with van der Waals surface area (Å²) in [4.78, 5) is 0.188. The highest BCUT2D eigenvalue weighted by atomic mass is 32.2. The molecular weight excluding hydrogens is 275 g/mol. The average molecular weight is 293 g/mol. The predicted octanol–water partition coefficient (Wildman–Crippen LogP) is 3.55. The number of halogens is 3. The molecule has 0 aliphatic rings. The molecule has 0 heterocycles. The van der Waals surface area contributed by atoms with Crippen molar-refractivity contribution in [3.63, 3.8) is 0 Å². The van der Waals surface area contributed by atoms with Crippen LogP contribution in [0.15, 0.2) is 29.2 Å². The number of aliphatic hydroxyl groups is 1. The molecule has 0 radical (unpaired) electrons. The van der Waals surface area contributed by atoms with Crippen molar-refractivity contribution < 1.29 is 18.3 Å². The van der Waals surface area contributed by atoms with Crippen LogP contribution in [-0.2, 0) is 6.54 Å². The Balaban J connectivity index is 2.44. The number of hydrogen-bond donors (Lipinski definition) is 2. The number of hydrogen-bond acceptors (Lipinski definition) is 3. The second-order valence-electron chi connectivity index (χ2n) is 4.56. The second kappa shape index (κ2) is 7.17. The van der Waals surface area contributed by atoms with Crippen molar-refractivity contribution in [1.82, 2.24) is 5.32 Å². The summed E-state index contributed by atoms with van der Waals surface area (Å²) in [6, 6.07) is 6.44. The van der Waals surface area contributed by atoms with Crippen LogP contribution in [0.25, 0.3) is 0 Å². The summed E-state index contributed by atoms with van der Waals surface area (Å²) in [5.41, 5.74) is -3.32. The fraction of sp³-hybridized carbons (Fsp3) is 0.538. The third-order valence-corrected chi connectivity index (χ3v) is 3.25. The van der Waals surface area contributed by atoms with Gasteiger partial charge in [-0.2, -0.15) is 13.2 Å². The van der Waals surface area contributed by atoms with E-state index in [4.69, 9.17) is 0 Å². The lowest BCUT2D eigenvalue weighted by atomic mass is 10.1. The third-order valence-electron chi connectivity index (χ3n) is 2.51. The van der Waals surface area contributed by atoms with Crippen LogP contribution >= 0.6 is 11.8 Å². The molecule has 6 heteroatoms. The monoisotopic (exact) mass is 293 g/mol. The molecule has 2 nitrogen and oxygen atoms in total. The molecule has 1 aromatic carbocycles. The van der Waals surface area contributed by atoms with Crippen LogP contribution in [-0.4, -0.2) is 22.8 Å². The lowest BCUT2D eigenvalue weighted by Crippen LogP contribution is -2.28. The lowest BCUT2D eigenvalue weighted by Gasteiger charge is -2.15. The van der Waals surface area contributed by atoms with Crippen LogP contribution in [0, 0.1) is 0 Å². The molecule has 0 aliphatic carbocycles. The standard InChI is InChI=1S/C13H18F3NOS/c1-9(7-10(2)18)17-8-11-3-5-12(6-4-11)19-13(14,15)16/h3-6,9-10,17-18H,7-8H2,1-2H3. The highest BCUT2D eigenvalue weighted by molar-refractivity contribution is 8.00. The molecule has 2 unspecified atom stereocenters. The lowest BCUT2D eigenvalue weighted by molar-refractivity contribution is -0.0328. The minimum absolute atomic E-state index is 0.111. The van der Waals surface area contributed by atoms with E-state index in [9.17, 15) is 18.3 Å². The molecule has 0 fully saturated rings. The van der Waals surface area contributed by atoms with Crippen molar-refractivity contribution in [2.75, 3.05) is 0 Å². The average Bonchev–Trinajstić information content (AvgIpc) is 2.25. The molecular formula is C13H18F3NOS. The highest BCUT2D eigenvalue weighted by Gasteiger charge is 2.28. The molecule has 2 N–H and O–H groups in total. The SMILES string of the molecule is CC(O)CC(C)NCc1ccc(SC(F)(F)F)cc1. The maximum atomic E-state index is 12.1. The summed E-state index contributed by atoms with van der Waals surface area (Å²) in [5.74, 6) is 0. The van der Waals surface area contributed by atoms with Crippen molar-refractivity contribution in [2.45, 2.75) is 49.4 Å². The summed E-state index contributed by atoms with van der Waals surface area (Å²) in [6.45, 7) is 4.26.